The highest BCUT2D eigenvalue weighted by Gasteiger charge is 2.74. The fraction of sp³-hybridized carbons (Fsp3) is 0.360. The van der Waals surface area contributed by atoms with Crippen LogP contribution in [0.4, 0.5) is 5.69 Å². The number of carbonyl (C=O) groups is 4. The number of benzene rings is 2. The van der Waals surface area contributed by atoms with Crippen molar-refractivity contribution in [1.29, 1.82) is 0 Å². The number of nitrogens with one attached hydrogen (secondary N) is 1. The molecule has 1 spiro atoms. The topological polar surface area (TPSA) is 135 Å². The van der Waals surface area contributed by atoms with Crippen LogP contribution in [0.5, 0.6) is 5.75 Å². The molecule has 3 aliphatic heterocycles. The van der Waals surface area contributed by atoms with Gasteiger partial charge >= 0.3 is 0 Å². The number of quaternary nitrogens is 1. The standard InChI is InChI=1S/C25H26N4O5/c1-3-13-8-6-9-15-21(13)27-24(33)25(15)20-19(16(28-25)11-18(26)30)22(31)29(23(20)32)12-14-7-4-5-10-17(14)34-2/h4-10,16,19-20,28H,3,11-12H2,1-2H3,(H2,26,30)(H,27,33)/p+1/t16-,19+,20-,25-/m0/s1. The van der Waals surface area contributed by atoms with E-state index in [4.69, 9.17) is 10.5 Å². The molecule has 0 unspecified atom stereocenters. The first-order valence-electron chi connectivity index (χ1n) is 11.4. The molecule has 2 aromatic carbocycles. The molecule has 0 radical (unpaired) electrons. The maximum Gasteiger partial charge on any atom is 0.291 e. The average molecular weight is 464 g/mol. The van der Waals surface area contributed by atoms with E-state index in [0.717, 1.165) is 5.56 Å². The number of hydrogen-bond donors (Lipinski definition) is 3. The number of aryl methyl sites for hydroxylation is 1. The zero-order valence-corrected chi connectivity index (χ0v) is 19.0. The summed E-state index contributed by atoms with van der Waals surface area (Å²) < 4.78 is 5.40. The van der Waals surface area contributed by atoms with Gasteiger partial charge in [0.05, 0.1) is 25.8 Å². The fourth-order valence-corrected chi connectivity index (χ4v) is 5.98. The molecule has 9 nitrogen and oxygen atoms in total. The molecular weight excluding hydrogens is 436 g/mol. The molecule has 3 aliphatic rings. The van der Waals surface area contributed by atoms with Gasteiger partial charge in [-0.15, -0.1) is 0 Å². The number of primary amides is 1. The van der Waals surface area contributed by atoms with E-state index in [1.165, 1.54) is 12.0 Å². The summed E-state index contributed by atoms with van der Waals surface area (Å²) >= 11 is 0. The molecule has 9 heteroatoms. The Hall–Kier alpha value is -3.72. The second-order valence-electron chi connectivity index (χ2n) is 9.10. The Kier molecular flexibility index (Phi) is 5.16. The van der Waals surface area contributed by atoms with E-state index in [2.05, 4.69) is 5.32 Å². The summed E-state index contributed by atoms with van der Waals surface area (Å²) in [4.78, 5) is 54.1. The molecule has 2 aromatic rings. The number of methoxy groups -OCH3 is 1. The first-order valence-corrected chi connectivity index (χ1v) is 11.4. The van der Waals surface area contributed by atoms with Crippen molar-refractivity contribution >= 4 is 29.3 Å². The van der Waals surface area contributed by atoms with Gasteiger partial charge in [0.25, 0.3) is 5.91 Å². The summed E-state index contributed by atoms with van der Waals surface area (Å²) in [6.45, 7) is 2.01. The van der Waals surface area contributed by atoms with Gasteiger partial charge in [0.15, 0.2) is 0 Å². The second kappa shape index (κ2) is 7.95. The van der Waals surface area contributed by atoms with Crippen molar-refractivity contribution < 1.29 is 29.2 Å². The molecule has 4 atom stereocenters. The number of nitrogens with two attached hydrogens (primary N) is 2. The largest absolute Gasteiger partial charge is 0.496 e. The van der Waals surface area contributed by atoms with Crippen LogP contribution in [0.1, 0.15) is 30.0 Å². The van der Waals surface area contributed by atoms with E-state index in [0.29, 0.717) is 29.0 Å². The number of rotatable bonds is 6. The Morgan fingerprint density at radius 3 is 2.56 bits per heavy atom. The van der Waals surface area contributed by atoms with E-state index >= 15 is 0 Å². The number of anilines is 1. The number of imide groups is 1. The van der Waals surface area contributed by atoms with Gasteiger partial charge in [0, 0.05) is 11.1 Å². The normalized spacial score (nSPS) is 27.2. The van der Waals surface area contributed by atoms with Crippen LogP contribution in [-0.4, -0.2) is 41.7 Å². The molecule has 3 heterocycles. The SMILES string of the molecule is CCc1cccc2c1NC(=O)[C@]21[NH2+][C@@H](CC(N)=O)[C@H]2C(=O)N(Cc3ccccc3OC)C(=O)[C@H]21. The zero-order valence-electron chi connectivity index (χ0n) is 19.0. The van der Waals surface area contributed by atoms with Crippen molar-refractivity contribution in [3.8, 4) is 5.75 Å². The lowest BCUT2D eigenvalue weighted by Crippen LogP contribution is -2.99. The van der Waals surface area contributed by atoms with Crippen molar-refractivity contribution in [2.24, 2.45) is 17.6 Å². The lowest BCUT2D eigenvalue weighted by molar-refractivity contribution is -0.732. The zero-order chi connectivity index (χ0) is 24.2. The Balaban J connectivity index is 1.62. The first-order chi connectivity index (χ1) is 16.3. The molecule has 176 valence electrons. The molecule has 5 N–H and O–H groups in total. The quantitative estimate of drug-likeness (QED) is 0.520. The summed E-state index contributed by atoms with van der Waals surface area (Å²) in [7, 11) is 1.53. The van der Waals surface area contributed by atoms with Gasteiger partial charge in [0.2, 0.25) is 23.3 Å². The fourth-order valence-electron chi connectivity index (χ4n) is 5.98. The van der Waals surface area contributed by atoms with Crippen LogP contribution >= 0.6 is 0 Å². The lowest BCUT2D eigenvalue weighted by Gasteiger charge is -2.26. The van der Waals surface area contributed by atoms with Crippen LogP contribution in [0, 0.1) is 11.8 Å². The minimum atomic E-state index is -1.33. The van der Waals surface area contributed by atoms with E-state index in [-0.39, 0.29) is 18.9 Å². The molecular formula is C25H27N4O5+. The molecule has 5 rings (SSSR count). The van der Waals surface area contributed by atoms with Gasteiger partial charge in [-0.25, -0.2) is 0 Å². The summed E-state index contributed by atoms with van der Waals surface area (Å²) in [5.74, 6) is -2.95. The molecule has 2 saturated heterocycles. The Morgan fingerprint density at radius 1 is 1.12 bits per heavy atom. The van der Waals surface area contributed by atoms with Crippen molar-refractivity contribution in [1.82, 2.24) is 4.90 Å². The number of carbonyl (C=O) groups excluding carboxylic acids is 4. The number of amides is 4. The summed E-state index contributed by atoms with van der Waals surface area (Å²) in [6, 6.07) is 12.2. The molecule has 0 aliphatic carbocycles. The van der Waals surface area contributed by atoms with E-state index in [1.807, 2.05) is 37.3 Å². The molecule has 2 fully saturated rings. The van der Waals surface area contributed by atoms with Crippen LogP contribution < -0.4 is 21.1 Å². The number of hydrogen-bond acceptors (Lipinski definition) is 5. The second-order valence-corrected chi connectivity index (χ2v) is 9.10. The summed E-state index contributed by atoms with van der Waals surface area (Å²) in [5, 5.41) is 4.69. The summed E-state index contributed by atoms with van der Waals surface area (Å²) in [6.07, 6.45) is 0.589. The molecule has 0 aromatic heterocycles. The number of fused-ring (bicyclic) bond motifs is 4. The molecule has 4 amide bonds. The van der Waals surface area contributed by atoms with E-state index in [1.54, 1.807) is 17.4 Å². The monoisotopic (exact) mass is 463 g/mol. The van der Waals surface area contributed by atoms with Gasteiger partial charge in [-0.1, -0.05) is 43.3 Å². The predicted molar refractivity (Wildman–Crippen MR) is 121 cm³/mol. The third-order valence-corrected chi connectivity index (χ3v) is 7.42. The summed E-state index contributed by atoms with van der Waals surface area (Å²) in [5.41, 5.74) is 7.18. The van der Waals surface area contributed by atoms with Crippen LogP contribution in [0.15, 0.2) is 42.5 Å². The lowest BCUT2D eigenvalue weighted by atomic mass is 9.76. The molecule has 34 heavy (non-hydrogen) atoms. The van der Waals surface area contributed by atoms with Gasteiger partial charge in [0.1, 0.15) is 23.6 Å². The number of nitrogens with zero attached hydrogens (tertiary/aromatic N) is 1. The molecule has 0 bridgehead atoms. The van der Waals surface area contributed by atoms with Crippen LogP contribution in [-0.2, 0) is 37.7 Å². The number of ether oxygens (including phenoxy) is 1. The van der Waals surface area contributed by atoms with E-state index < -0.39 is 41.1 Å². The number of likely N-dealkylation sites (tertiary alicyclic amines) is 1. The van der Waals surface area contributed by atoms with E-state index in [9.17, 15) is 19.2 Å². The third-order valence-electron chi connectivity index (χ3n) is 7.42. The Morgan fingerprint density at radius 2 is 1.85 bits per heavy atom. The minimum absolute atomic E-state index is 0.0253. The van der Waals surface area contributed by atoms with Crippen molar-refractivity contribution in [2.75, 3.05) is 12.4 Å². The Bertz CT molecular complexity index is 1230. The van der Waals surface area contributed by atoms with Gasteiger partial charge in [-0.05, 0) is 18.1 Å². The van der Waals surface area contributed by atoms with Crippen LogP contribution in [0.2, 0.25) is 0 Å². The minimum Gasteiger partial charge on any atom is -0.496 e. The van der Waals surface area contributed by atoms with Gasteiger partial charge < -0.3 is 21.1 Å². The predicted octanol–water partition coefficient (Wildman–Crippen LogP) is 0.0274. The van der Waals surface area contributed by atoms with Crippen molar-refractivity contribution in [3.63, 3.8) is 0 Å². The van der Waals surface area contributed by atoms with Gasteiger partial charge in [-0.2, -0.15) is 0 Å². The highest BCUT2D eigenvalue weighted by atomic mass is 16.5. The smallest absolute Gasteiger partial charge is 0.291 e. The van der Waals surface area contributed by atoms with Crippen molar-refractivity contribution in [2.45, 2.75) is 37.9 Å². The third kappa shape index (κ3) is 2.96. The maximum atomic E-state index is 13.9. The van der Waals surface area contributed by atoms with Gasteiger partial charge in [-0.3, -0.25) is 24.1 Å². The Labute approximate surface area is 196 Å². The maximum absolute atomic E-state index is 13.9. The highest BCUT2D eigenvalue weighted by Crippen LogP contribution is 2.50. The highest BCUT2D eigenvalue weighted by molar-refractivity contribution is 6.14. The van der Waals surface area contributed by atoms with Crippen molar-refractivity contribution in [3.05, 3.63) is 59.2 Å². The molecule has 0 saturated carbocycles. The van der Waals surface area contributed by atoms with Crippen LogP contribution in [0.25, 0.3) is 0 Å². The van der Waals surface area contributed by atoms with Crippen LogP contribution in [0.3, 0.4) is 0 Å². The first kappa shape index (κ1) is 22.1. The number of para-hydroxylation sites is 2. The average Bonchev–Trinajstić information content (AvgIpc) is 3.39.